The first kappa shape index (κ1) is 8.04. The average molecular weight is 153 g/mol. The Labute approximate surface area is 65.6 Å². The Morgan fingerprint density at radius 2 is 2.00 bits per heavy atom. The van der Waals surface area contributed by atoms with Crippen molar-refractivity contribution >= 4 is 5.69 Å². The van der Waals surface area contributed by atoms with E-state index in [2.05, 4.69) is 5.48 Å². The summed E-state index contributed by atoms with van der Waals surface area (Å²) < 4.78 is 0. The molecule has 1 atom stereocenters. The SMILES string of the molecule is CC(O)ONc1ccccc1. The molecule has 0 bridgehead atoms. The van der Waals surface area contributed by atoms with E-state index in [0.717, 1.165) is 5.69 Å². The van der Waals surface area contributed by atoms with Crippen LogP contribution in [0.15, 0.2) is 30.3 Å². The molecule has 0 saturated heterocycles. The van der Waals surface area contributed by atoms with Gasteiger partial charge in [0.2, 0.25) is 0 Å². The number of rotatable bonds is 3. The predicted octanol–water partition coefficient (Wildman–Crippen LogP) is 1.37. The number of para-hydroxylation sites is 1. The van der Waals surface area contributed by atoms with Gasteiger partial charge in [-0.1, -0.05) is 18.2 Å². The van der Waals surface area contributed by atoms with Crippen LogP contribution in [0.5, 0.6) is 0 Å². The number of aliphatic hydroxyl groups is 1. The van der Waals surface area contributed by atoms with Crippen LogP contribution in [0.4, 0.5) is 5.69 Å². The lowest BCUT2D eigenvalue weighted by Crippen LogP contribution is -2.11. The van der Waals surface area contributed by atoms with Crippen molar-refractivity contribution in [3.05, 3.63) is 30.3 Å². The summed E-state index contributed by atoms with van der Waals surface area (Å²) in [5.74, 6) is 0. The maximum absolute atomic E-state index is 8.73. The Morgan fingerprint density at radius 3 is 2.55 bits per heavy atom. The minimum Gasteiger partial charge on any atom is -0.366 e. The van der Waals surface area contributed by atoms with E-state index < -0.39 is 6.29 Å². The summed E-state index contributed by atoms with van der Waals surface area (Å²) in [4.78, 5) is 4.73. The largest absolute Gasteiger partial charge is 0.366 e. The summed E-state index contributed by atoms with van der Waals surface area (Å²) in [6.45, 7) is 1.54. The fourth-order valence-electron chi connectivity index (χ4n) is 0.660. The molecule has 60 valence electrons. The van der Waals surface area contributed by atoms with Crippen LogP contribution in [0, 0.1) is 0 Å². The molecule has 0 aliphatic heterocycles. The molecule has 0 heterocycles. The number of benzene rings is 1. The van der Waals surface area contributed by atoms with Crippen molar-refractivity contribution in [3.8, 4) is 0 Å². The molecular weight excluding hydrogens is 142 g/mol. The highest BCUT2D eigenvalue weighted by Crippen LogP contribution is 2.04. The summed E-state index contributed by atoms with van der Waals surface area (Å²) in [7, 11) is 0. The maximum Gasteiger partial charge on any atom is 0.178 e. The molecule has 3 nitrogen and oxygen atoms in total. The van der Waals surface area contributed by atoms with Gasteiger partial charge in [-0.05, 0) is 19.1 Å². The molecule has 0 radical (unpaired) electrons. The van der Waals surface area contributed by atoms with Crippen molar-refractivity contribution in [1.29, 1.82) is 0 Å². The molecule has 1 aromatic carbocycles. The van der Waals surface area contributed by atoms with Crippen LogP contribution < -0.4 is 5.48 Å². The predicted molar refractivity (Wildman–Crippen MR) is 42.8 cm³/mol. The van der Waals surface area contributed by atoms with Crippen LogP contribution in [-0.4, -0.2) is 11.4 Å². The van der Waals surface area contributed by atoms with E-state index in [9.17, 15) is 0 Å². The van der Waals surface area contributed by atoms with Crippen molar-refractivity contribution in [2.45, 2.75) is 13.2 Å². The normalized spacial score (nSPS) is 12.5. The van der Waals surface area contributed by atoms with E-state index >= 15 is 0 Å². The first-order valence-corrected chi connectivity index (χ1v) is 3.44. The van der Waals surface area contributed by atoms with Gasteiger partial charge in [-0.3, -0.25) is 5.48 Å². The number of aliphatic hydroxyl groups excluding tert-OH is 1. The second-order valence-corrected chi connectivity index (χ2v) is 2.19. The zero-order chi connectivity index (χ0) is 8.10. The molecule has 1 rings (SSSR count). The molecule has 2 N–H and O–H groups in total. The Bertz CT molecular complexity index is 199. The molecule has 3 heteroatoms. The molecule has 0 aliphatic carbocycles. The van der Waals surface area contributed by atoms with Crippen molar-refractivity contribution < 1.29 is 9.94 Å². The van der Waals surface area contributed by atoms with Crippen molar-refractivity contribution in [2.75, 3.05) is 5.48 Å². The monoisotopic (exact) mass is 153 g/mol. The van der Waals surface area contributed by atoms with Gasteiger partial charge in [0.25, 0.3) is 0 Å². The van der Waals surface area contributed by atoms with E-state index in [0.29, 0.717) is 0 Å². The second-order valence-electron chi connectivity index (χ2n) is 2.19. The van der Waals surface area contributed by atoms with Gasteiger partial charge < -0.3 is 5.11 Å². The van der Waals surface area contributed by atoms with Crippen molar-refractivity contribution in [3.63, 3.8) is 0 Å². The van der Waals surface area contributed by atoms with Gasteiger partial charge in [-0.15, -0.1) is 0 Å². The molecule has 1 unspecified atom stereocenters. The Balaban J connectivity index is 2.39. The van der Waals surface area contributed by atoms with Crippen molar-refractivity contribution in [1.82, 2.24) is 0 Å². The Hall–Kier alpha value is -1.06. The first-order chi connectivity index (χ1) is 5.29. The van der Waals surface area contributed by atoms with Gasteiger partial charge >= 0.3 is 0 Å². The summed E-state index contributed by atoms with van der Waals surface area (Å²) >= 11 is 0. The van der Waals surface area contributed by atoms with E-state index in [-0.39, 0.29) is 0 Å². The Kier molecular flexibility index (Phi) is 2.89. The molecule has 0 spiro atoms. The highest BCUT2D eigenvalue weighted by molar-refractivity contribution is 5.39. The molecular formula is C8H11NO2. The Morgan fingerprint density at radius 1 is 1.36 bits per heavy atom. The summed E-state index contributed by atoms with van der Waals surface area (Å²) in [5, 5.41) is 8.73. The number of hydrogen-bond donors (Lipinski definition) is 2. The van der Waals surface area contributed by atoms with Gasteiger partial charge in [-0.2, -0.15) is 0 Å². The third kappa shape index (κ3) is 3.02. The zero-order valence-electron chi connectivity index (χ0n) is 6.32. The quantitative estimate of drug-likeness (QED) is 0.509. The van der Waals surface area contributed by atoms with Crippen molar-refractivity contribution in [2.24, 2.45) is 0 Å². The lowest BCUT2D eigenvalue weighted by molar-refractivity contribution is -0.0594. The highest BCUT2D eigenvalue weighted by Gasteiger charge is 1.93. The van der Waals surface area contributed by atoms with Crippen LogP contribution in [0.3, 0.4) is 0 Å². The fraction of sp³-hybridized carbons (Fsp3) is 0.250. The smallest absolute Gasteiger partial charge is 0.178 e. The maximum atomic E-state index is 8.73. The second kappa shape index (κ2) is 3.95. The molecule has 0 fully saturated rings. The summed E-state index contributed by atoms with van der Waals surface area (Å²) in [6.07, 6.45) is -0.796. The van der Waals surface area contributed by atoms with Crippen LogP contribution >= 0.6 is 0 Å². The van der Waals surface area contributed by atoms with Crippen LogP contribution in [0.1, 0.15) is 6.92 Å². The highest BCUT2D eigenvalue weighted by atomic mass is 16.7. The number of nitrogens with one attached hydrogen (secondary N) is 1. The fourth-order valence-corrected chi connectivity index (χ4v) is 0.660. The topological polar surface area (TPSA) is 41.5 Å². The molecule has 0 aromatic heterocycles. The minimum atomic E-state index is -0.796. The van der Waals surface area contributed by atoms with Gasteiger partial charge in [0.1, 0.15) is 0 Å². The minimum absolute atomic E-state index is 0.796. The van der Waals surface area contributed by atoms with E-state index in [1.807, 2.05) is 30.3 Å². The van der Waals surface area contributed by atoms with Gasteiger partial charge in [0.05, 0.1) is 5.69 Å². The standard InChI is InChI=1S/C8H11NO2/c1-7(10)11-9-8-5-3-2-4-6-8/h2-7,9-10H,1H3. The third-order valence-corrected chi connectivity index (χ3v) is 1.12. The van der Waals surface area contributed by atoms with Crippen LogP contribution in [0.25, 0.3) is 0 Å². The average Bonchev–Trinajstić information content (AvgIpc) is 2.03. The lowest BCUT2D eigenvalue weighted by atomic mass is 10.3. The molecule has 11 heavy (non-hydrogen) atoms. The van der Waals surface area contributed by atoms with E-state index in [1.54, 1.807) is 0 Å². The van der Waals surface area contributed by atoms with Crippen LogP contribution in [-0.2, 0) is 4.84 Å². The van der Waals surface area contributed by atoms with E-state index in [1.165, 1.54) is 6.92 Å². The molecule has 0 aliphatic rings. The number of hydrogen-bond acceptors (Lipinski definition) is 3. The third-order valence-electron chi connectivity index (χ3n) is 1.12. The first-order valence-electron chi connectivity index (χ1n) is 3.44. The summed E-state index contributed by atoms with van der Waals surface area (Å²) in [6, 6.07) is 9.37. The van der Waals surface area contributed by atoms with Gasteiger partial charge in [0, 0.05) is 0 Å². The molecule has 0 saturated carbocycles. The molecule has 0 amide bonds. The zero-order valence-corrected chi connectivity index (χ0v) is 6.32. The van der Waals surface area contributed by atoms with E-state index in [4.69, 9.17) is 9.94 Å². The number of anilines is 1. The van der Waals surface area contributed by atoms with Gasteiger partial charge in [-0.25, -0.2) is 4.84 Å². The van der Waals surface area contributed by atoms with Crippen LogP contribution in [0.2, 0.25) is 0 Å². The summed E-state index contributed by atoms with van der Waals surface area (Å²) in [5.41, 5.74) is 3.42. The lowest BCUT2D eigenvalue weighted by Gasteiger charge is -2.07. The molecule has 1 aromatic rings. The van der Waals surface area contributed by atoms with Gasteiger partial charge in [0.15, 0.2) is 6.29 Å².